The number of amidine groups is 1. The monoisotopic (exact) mass is 302 g/mol. The van der Waals surface area contributed by atoms with Crippen LogP contribution in [0, 0.1) is 26.9 Å². The van der Waals surface area contributed by atoms with Gasteiger partial charge in [0.25, 0.3) is 5.69 Å². The predicted molar refractivity (Wildman–Crippen MR) is 79.9 cm³/mol. The summed E-state index contributed by atoms with van der Waals surface area (Å²) in [5.41, 5.74) is 2.36. The molecule has 0 aromatic heterocycles. The second kappa shape index (κ2) is 7.14. The zero-order valence-corrected chi connectivity index (χ0v) is 11.7. The van der Waals surface area contributed by atoms with Crippen LogP contribution in [0.1, 0.15) is 0 Å². The molecule has 0 aliphatic carbocycles. The van der Waals surface area contributed by atoms with Gasteiger partial charge < -0.3 is 9.64 Å². The van der Waals surface area contributed by atoms with Crippen LogP contribution < -0.4 is 5.43 Å². The summed E-state index contributed by atoms with van der Waals surface area (Å²) in [4.78, 5) is 12.0. The molecule has 9 nitrogen and oxygen atoms in total. The molecule has 0 radical (unpaired) electrons. The molecule has 1 heterocycles. The number of nitrogens with zero attached hydrogens (tertiary/aromatic N) is 4. The third-order valence-electron chi connectivity index (χ3n) is 3.05. The number of anilines is 1. The quantitative estimate of drug-likeness (QED) is 0.372. The molecule has 0 bridgehead atoms. The Bertz CT molecular complexity index is 645. The van der Waals surface area contributed by atoms with Crippen molar-refractivity contribution in [3.63, 3.8) is 0 Å². The van der Waals surface area contributed by atoms with Crippen molar-refractivity contribution in [2.75, 3.05) is 31.7 Å². The lowest BCUT2D eigenvalue weighted by molar-refractivity contribution is -0.384. The Labute approximate surface area is 126 Å². The molecule has 1 aliphatic heterocycles. The van der Waals surface area contributed by atoms with Gasteiger partial charge in [-0.25, -0.2) is 0 Å². The van der Waals surface area contributed by atoms with Crippen LogP contribution in [0.5, 0.6) is 0 Å². The highest BCUT2D eigenvalue weighted by Crippen LogP contribution is 2.23. The molecule has 9 heteroatoms. The van der Waals surface area contributed by atoms with Gasteiger partial charge >= 0.3 is 0 Å². The number of hydrogen-bond acceptors (Lipinski definition) is 7. The van der Waals surface area contributed by atoms with Crippen LogP contribution in [0.25, 0.3) is 0 Å². The number of nitriles is 1. The van der Waals surface area contributed by atoms with E-state index < -0.39 is 4.92 Å². The van der Waals surface area contributed by atoms with Gasteiger partial charge in [-0.2, -0.15) is 10.4 Å². The maximum absolute atomic E-state index is 10.9. The number of nitro benzene ring substituents is 1. The number of nitrogens with one attached hydrogen (secondary N) is 2. The smallest absolute Gasteiger partial charge is 0.294 e. The molecular formula is C13H14N6O3. The number of morpholine rings is 1. The minimum Gasteiger partial charge on any atom is -0.378 e. The molecule has 1 saturated heterocycles. The summed E-state index contributed by atoms with van der Waals surface area (Å²) in [5.74, 6) is -0.0307. The van der Waals surface area contributed by atoms with Crippen molar-refractivity contribution in [1.82, 2.24) is 4.90 Å². The molecular weight excluding hydrogens is 288 g/mol. The van der Waals surface area contributed by atoms with Gasteiger partial charge in [-0.1, -0.05) is 12.1 Å². The fourth-order valence-electron chi connectivity index (χ4n) is 1.91. The largest absolute Gasteiger partial charge is 0.378 e. The molecule has 0 atom stereocenters. The van der Waals surface area contributed by atoms with Crippen LogP contribution in [0.3, 0.4) is 0 Å². The normalized spacial score (nSPS) is 15.0. The number of benzene rings is 1. The van der Waals surface area contributed by atoms with E-state index in [9.17, 15) is 10.1 Å². The zero-order chi connectivity index (χ0) is 15.9. The standard InChI is InChI=1S/C13H14N6O3/c14-9-11(13(15)18-5-7-22-8-6-18)17-16-10-3-1-2-4-12(10)19(20)21/h1-4,15-16H,5-8H2/b15-13?,17-11+. The van der Waals surface area contributed by atoms with E-state index in [1.54, 1.807) is 11.0 Å². The van der Waals surface area contributed by atoms with Crippen LogP contribution in [0.15, 0.2) is 29.4 Å². The first-order valence-electron chi connectivity index (χ1n) is 6.52. The van der Waals surface area contributed by atoms with Crippen molar-refractivity contribution in [2.45, 2.75) is 0 Å². The second-order valence-electron chi connectivity index (χ2n) is 4.41. The highest BCUT2D eigenvalue weighted by Gasteiger charge is 2.19. The highest BCUT2D eigenvalue weighted by molar-refractivity contribution is 6.46. The molecule has 0 unspecified atom stereocenters. The van der Waals surface area contributed by atoms with E-state index in [0.717, 1.165) is 0 Å². The Morgan fingerprint density at radius 3 is 2.77 bits per heavy atom. The van der Waals surface area contributed by atoms with E-state index in [0.29, 0.717) is 26.3 Å². The molecule has 0 spiro atoms. The molecule has 2 rings (SSSR count). The Morgan fingerprint density at radius 2 is 2.14 bits per heavy atom. The first-order valence-corrected chi connectivity index (χ1v) is 6.52. The molecule has 1 aromatic rings. The lowest BCUT2D eigenvalue weighted by Gasteiger charge is -2.28. The van der Waals surface area contributed by atoms with Crippen molar-refractivity contribution in [3.05, 3.63) is 34.4 Å². The van der Waals surface area contributed by atoms with Crippen molar-refractivity contribution < 1.29 is 9.66 Å². The number of ether oxygens (including phenoxy) is 1. The molecule has 0 amide bonds. The van der Waals surface area contributed by atoms with Crippen molar-refractivity contribution >= 4 is 22.9 Å². The summed E-state index contributed by atoms with van der Waals surface area (Å²) in [6, 6.07) is 7.79. The first-order chi connectivity index (χ1) is 10.6. The van der Waals surface area contributed by atoms with Gasteiger partial charge in [-0.05, 0) is 6.07 Å². The van der Waals surface area contributed by atoms with Gasteiger partial charge in [0.2, 0.25) is 5.71 Å². The van der Waals surface area contributed by atoms with E-state index in [-0.39, 0.29) is 22.9 Å². The summed E-state index contributed by atoms with van der Waals surface area (Å²) in [6.07, 6.45) is 0. The van der Waals surface area contributed by atoms with E-state index >= 15 is 0 Å². The van der Waals surface area contributed by atoms with E-state index in [2.05, 4.69) is 10.5 Å². The molecule has 22 heavy (non-hydrogen) atoms. The van der Waals surface area contributed by atoms with Gasteiger partial charge in [0.05, 0.1) is 18.1 Å². The van der Waals surface area contributed by atoms with Crippen LogP contribution in [-0.2, 0) is 4.74 Å². The number of rotatable bonds is 4. The van der Waals surface area contributed by atoms with E-state index in [4.69, 9.17) is 15.4 Å². The van der Waals surface area contributed by atoms with Crippen LogP contribution >= 0.6 is 0 Å². The zero-order valence-electron chi connectivity index (χ0n) is 11.7. The fourth-order valence-corrected chi connectivity index (χ4v) is 1.91. The second-order valence-corrected chi connectivity index (χ2v) is 4.41. The van der Waals surface area contributed by atoms with Crippen LogP contribution in [0.2, 0.25) is 0 Å². The SMILES string of the molecule is N#C/C(=N\Nc1ccccc1[N+](=O)[O-])C(=N)N1CCOCC1. The molecule has 0 saturated carbocycles. The molecule has 1 aliphatic rings. The minimum atomic E-state index is -0.544. The van der Waals surface area contributed by atoms with E-state index in [1.165, 1.54) is 18.2 Å². The van der Waals surface area contributed by atoms with Crippen LogP contribution in [-0.4, -0.2) is 47.7 Å². The maximum atomic E-state index is 10.9. The molecule has 2 N–H and O–H groups in total. The van der Waals surface area contributed by atoms with Gasteiger partial charge in [0.1, 0.15) is 11.8 Å². The molecule has 1 aromatic carbocycles. The van der Waals surface area contributed by atoms with Crippen molar-refractivity contribution in [1.29, 1.82) is 10.7 Å². The molecule has 1 fully saturated rings. The summed E-state index contributed by atoms with van der Waals surface area (Å²) in [5, 5.41) is 31.8. The topological polar surface area (TPSA) is 128 Å². The average Bonchev–Trinajstić information content (AvgIpc) is 2.56. The number of hydrazone groups is 1. The summed E-state index contributed by atoms with van der Waals surface area (Å²) < 4.78 is 5.18. The Kier molecular flexibility index (Phi) is 5.00. The minimum absolute atomic E-state index is 0.0307. The van der Waals surface area contributed by atoms with Gasteiger partial charge in [0, 0.05) is 19.2 Å². The highest BCUT2D eigenvalue weighted by atomic mass is 16.6. The Balaban J connectivity index is 2.15. The number of nitro groups is 1. The fraction of sp³-hybridized carbons (Fsp3) is 0.308. The predicted octanol–water partition coefficient (Wildman–Crippen LogP) is 1.20. The third-order valence-corrected chi connectivity index (χ3v) is 3.05. The third kappa shape index (κ3) is 3.56. The Morgan fingerprint density at radius 1 is 1.45 bits per heavy atom. The van der Waals surface area contributed by atoms with Gasteiger partial charge in [-0.3, -0.25) is 20.9 Å². The number of hydrogen-bond donors (Lipinski definition) is 2. The maximum Gasteiger partial charge on any atom is 0.294 e. The lowest BCUT2D eigenvalue weighted by Crippen LogP contribution is -2.43. The van der Waals surface area contributed by atoms with Crippen molar-refractivity contribution in [2.24, 2.45) is 5.10 Å². The first kappa shape index (κ1) is 15.4. The summed E-state index contributed by atoms with van der Waals surface area (Å²) in [6.45, 7) is 1.98. The summed E-state index contributed by atoms with van der Waals surface area (Å²) >= 11 is 0. The Hall–Kier alpha value is -2.99. The van der Waals surface area contributed by atoms with Crippen LogP contribution in [0.4, 0.5) is 11.4 Å². The number of para-hydroxylation sites is 2. The van der Waals surface area contributed by atoms with E-state index in [1.807, 2.05) is 6.07 Å². The van der Waals surface area contributed by atoms with Gasteiger partial charge in [0.15, 0.2) is 5.84 Å². The lowest BCUT2D eigenvalue weighted by atomic mass is 10.3. The van der Waals surface area contributed by atoms with Gasteiger partial charge in [-0.15, -0.1) is 0 Å². The molecule has 114 valence electrons. The summed E-state index contributed by atoms with van der Waals surface area (Å²) in [7, 11) is 0. The average molecular weight is 302 g/mol. The van der Waals surface area contributed by atoms with Crippen molar-refractivity contribution in [3.8, 4) is 6.07 Å².